The molecule has 1 unspecified atom stereocenters. The zero-order valence-corrected chi connectivity index (χ0v) is 9.01. The van der Waals surface area contributed by atoms with E-state index < -0.39 is 0 Å². The van der Waals surface area contributed by atoms with Gasteiger partial charge in [-0.25, -0.2) is 0 Å². The molecule has 1 nitrogen and oxygen atoms in total. The van der Waals surface area contributed by atoms with Gasteiger partial charge in [0.05, 0.1) is 5.60 Å². The van der Waals surface area contributed by atoms with E-state index in [9.17, 15) is 0 Å². The summed E-state index contributed by atoms with van der Waals surface area (Å²) in [5.74, 6) is 1.80. The highest BCUT2D eigenvalue weighted by Crippen LogP contribution is 2.42. The number of ether oxygens (including phenoxy) is 1. The van der Waals surface area contributed by atoms with E-state index in [1.807, 2.05) is 0 Å². The van der Waals surface area contributed by atoms with Gasteiger partial charge in [-0.1, -0.05) is 32.1 Å². The lowest BCUT2D eigenvalue weighted by Gasteiger charge is -2.35. The smallest absolute Gasteiger partial charge is 0.0658 e. The predicted molar refractivity (Wildman–Crippen MR) is 54.7 cm³/mol. The van der Waals surface area contributed by atoms with Crippen molar-refractivity contribution in [2.45, 2.75) is 58.0 Å². The summed E-state index contributed by atoms with van der Waals surface area (Å²) in [4.78, 5) is 0. The van der Waals surface area contributed by atoms with Gasteiger partial charge in [-0.3, -0.25) is 0 Å². The SMILES string of the molecule is CC1(C)OCCC1C1CCCCC1. The van der Waals surface area contributed by atoms with Crippen LogP contribution in [-0.2, 0) is 4.74 Å². The van der Waals surface area contributed by atoms with Crippen LogP contribution in [0.15, 0.2) is 0 Å². The van der Waals surface area contributed by atoms with Gasteiger partial charge in [-0.05, 0) is 32.1 Å². The third-order valence-electron chi connectivity index (χ3n) is 4.01. The van der Waals surface area contributed by atoms with Crippen LogP contribution in [0.3, 0.4) is 0 Å². The maximum Gasteiger partial charge on any atom is 0.0658 e. The Morgan fingerprint density at radius 1 is 1.00 bits per heavy atom. The van der Waals surface area contributed by atoms with E-state index in [0.717, 1.165) is 18.4 Å². The molecule has 0 N–H and O–H groups in total. The van der Waals surface area contributed by atoms with Crippen molar-refractivity contribution in [3.63, 3.8) is 0 Å². The van der Waals surface area contributed by atoms with Gasteiger partial charge in [0.15, 0.2) is 0 Å². The van der Waals surface area contributed by atoms with E-state index in [4.69, 9.17) is 4.74 Å². The van der Waals surface area contributed by atoms with Crippen molar-refractivity contribution in [2.75, 3.05) is 6.61 Å². The Hall–Kier alpha value is -0.0400. The van der Waals surface area contributed by atoms with E-state index in [2.05, 4.69) is 13.8 Å². The molecule has 0 aromatic heterocycles. The zero-order valence-electron chi connectivity index (χ0n) is 9.01. The maximum absolute atomic E-state index is 5.81. The largest absolute Gasteiger partial charge is 0.375 e. The Balaban J connectivity index is 1.98. The average molecular weight is 182 g/mol. The molecule has 2 aliphatic rings. The van der Waals surface area contributed by atoms with Crippen molar-refractivity contribution < 1.29 is 4.74 Å². The van der Waals surface area contributed by atoms with Crippen LogP contribution in [0.25, 0.3) is 0 Å². The van der Waals surface area contributed by atoms with Crippen molar-refractivity contribution in [3.05, 3.63) is 0 Å². The van der Waals surface area contributed by atoms with E-state index in [1.165, 1.54) is 38.5 Å². The van der Waals surface area contributed by atoms with E-state index in [1.54, 1.807) is 0 Å². The van der Waals surface area contributed by atoms with Crippen LogP contribution in [-0.4, -0.2) is 12.2 Å². The first-order valence-corrected chi connectivity index (χ1v) is 5.84. The summed E-state index contributed by atoms with van der Waals surface area (Å²) in [6, 6.07) is 0. The van der Waals surface area contributed by atoms with E-state index >= 15 is 0 Å². The Labute approximate surface area is 81.9 Å². The van der Waals surface area contributed by atoms with Gasteiger partial charge >= 0.3 is 0 Å². The average Bonchev–Trinajstić information content (AvgIpc) is 2.47. The van der Waals surface area contributed by atoms with Crippen molar-refractivity contribution >= 4 is 0 Å². The van der Waals surface area contributed by atoms with E-state index in [0.29, 0.717) is 0 Å². The van der Waals surface area contributed by atoms with Gasteiger partial charge in [0, 0.05) is 6.61 Å². The molecule has 1 heteroatoms. The van der Waals surface area contributed by atoms with Gasteiger partial charge in [-0.2, -0.15) is 0 Å². The minimum atomic E-state index is 0.169. The fourth-order valence-electron chi connectivity index (χ4n) is 3.24. The summed E-state index contributed by atoms with van der Waals surface area (Å²) < 4.78 is 5.81. The summed E-state index contributed by atoms with van der Waals surface area (Å²) in [6.07, 6.45) is 8.59. The zero-order chi connectivity index (χ0) is 9.31. The minimum absolute atomic E-state index is 0.169. The predicted octanol–water partition coefficient (Wildman–Crippen LogP) is 3.38. The lowest BCUT2D eigenvalue weighted by atomic mass is 9.73. The topological polar surface area (TPSA) is 9.23 Å². The monoisotopic (exact) mass is 182 g/mol. The molecule has 0 aromatic carbocycles. The Bertz CT molecular complexity index is 168. The second-order valence-corrected chi connectivity index (χ2v) is 5.25. The molecule has 1 atom stereocenters. The number of rotatable bonds is 1. The van der Waals surface area contributed by atoms with Gasteiger partial charge < -0.3 is 4.74 Å². The van der Waals surface area contributed by atoms with E-state index in [-0.39, 0.29) is 5.60 Å². The molecule has 0 bridgehead atoms. The summed E-state index contributed by atoms with van der Waals surface area (Å²) in [5.41, 5.74) is 0.169. The molecular weight excluding hydrogens is 160 g/mol. The highest BCUT2D eigenvalue weighted by Gasteiger charge is 2.40. The second kappa shape index (κ2) is 3.61. The lowest BCUT2D eigenvalue weighted by molar-refractivity contribution is -0.00908. The maximum atomic E-state index is 5.81. The Morgan fingerprint density at radius 3 is 2.23 bits per heavy atom. The van der Waals surface area contributed by atoms with Crippen LogP contribution in [0.4, 0.5) is 0 Å². The molecule has 0 aromatic rings. The first-order chi connectivity index (χ1) is 6.20. The van der Waals surface area contributed by atoms with Gasteiger partial charge in [0.2, 0.25) is 0 Å². The quantitative estimate of drug-likeness (QED) is 0.604. The second-order valence-electron chi connectivity index (χ2n) is 5.25. The molecule has 1 saturated carbocycles. The van der Waals surface area contributed by atoms with Crippen molar-refractivity contribution in [1.82, 2.24) is 0 Å². The van der Waals surface area contributed by atoms with Gasteiger partial charge in [0.25, 0.3) is 0 Å². The molecule has 1 heterocycles. The number of hydrogen-bond acceptors (Lipinski definition) is 1. The molecule has 2 fully saturated rings. The molecule has 0 spiro atoms. The molecule has 2 rings (SSSR count). The lowest BCUT2D eigenvalue weighted by Crippen LogP contribution is -2.33. The molecule has 13 heavy (non-hydrogen) atoms. The van der Waals surface area contributed by atoms with Crippen LogP contribution in [0.2, 0.25) is 0 Å². The Kier molecular flexibility index (Phi) is 2.64. The summed E-state index contributed by atoms with van der Waals surface area (Å²) in [7, 11) is 0. The Morgan fingerprint density at radius 2 is 1.69 bits per heavy atom. The fourth-order valence-corrected chi connectivity index (χ4v) is 3.24. The first-order valence-electron chi connectivity index (χ1n) is 5.84. The highest BCUT2D eigenvalue weighted by molar-refractivity contribution is 4.90. The molecule has 0 amide bonds. The van der Waals surface area contributed by atoms with Crippen LogP contribution >= 0.6 is 0 Å². The van der Waals surface area contributed by atoms with Crippen molar-refractivity contribution in [1.29, 1.82) is 0 Å². The van der Waals surface area contributed by atoms with Gasteiger partial charge in [-0.15, -0.1) is 0 Å². The molecule has 1 aliphatic carbocycles. The molecule has 76 valence electrons. The summed E-state index contributed by atoms with van der Waals surface area (Å²) in [6.45, 7) is 5.55. The van der Waals surface area contributed by atoms with Gasteiger partial charge in [0.1, 0.15) is 0 Å². The molecular formula is C12H22O. The van der Waals surface area contributed by atoms with Crippen LogP contribution in [0.5, 0.6) is 0 Å². The van der Waals surface area contributed by atoms with Crippen molar-refractivity contribution in [3.8, 4) is 0 Å². The molecule has 0 radical (unpaired) electrons. The first kappa shape index (κ1) is 9.51. The molecule has 1 saturated heterocycles. The summed E-state index contributed by atoms with van der Waals surface area (Å²) >= 11 is 0. The van der Waals surface area contributed by atoms with Crippen LogP contribution in [0, 0.1) is 11.8 Å². The number of hydrogen-bond donors (Lipinski definition) is 0. The third kappa shape index (κ3) is 1.90. The minimum Gasteiger partial charge on any atom is -0.375 e. The normalized spacial score (nSPS) is 35.1. The van der Waals surface area contributed by atoms with Crippen molar-refractivity contribution in [2.24, 2.45) is 11.8 Å². The van der Waals surface area contributed by atoms with Crippen LogP contribution in [0.1, 0.15) is 52.4 Å². The molecule has 1 aliphatic heterocycles. The van der Waals surface area contributed by atoms with Crippen LogP contribution < -0.4 is 0 Å². The highest BCUT2D eigenvalue weighted by atomic mass is 16.5. The summed E-state index contributed by atoms with van der Waals surface area (Å²) in [5, 5.41) is 0. The standard InChI is InChI=1S/C12H22O/c1-12(2)11(8-9-13-12)10-6-4-3-5-7-10/h10-11H,3-9H2,1-2H3. The fraction of sp³-hybridized carbons (Fsp3) is 1.00. The third-order valence-corrected chi connectivity index (χ3v) is 4.01.